The summed E-state index contributed by atoms with van der Waals surface area (Å²) in [4.78, 5) is 12.0. The Morgan fingerprint density at radius 1 is 0.833 bits per heavy atom. The van der Waals surface area contributed by atoms with Crippen molar-refractivity contribution < 1.29 is 13.2 Å². The molecule has 0 atom stereocenters. The van der Waals surface area contributed by atoms with Gasteiger partial charge in [0.15, 0.2) is 0 Å². The van der Waals surface area contributed by atoms with Gasteiger partial charge in [-0.3, -0.25) is 4.79 Å². The zero-order chi connectivity index (χ0) is 22.2. The molecule has 1 aromatic rings. The van der Waals surface area contributed by atoms with Crippen LogP contribution < -0.4 is 10.0 Å². The molecule has 0 radical (unpaired) electrons. The molecule has 0 aliphatic carbocycles. The zero-order valence-electron chi connectivity index (χ0n) is 19.3. The van der Waals surface area contributed by atoms with E-state index >= 15 is 0 Å². The maximum atomic E-state index is 12.0. The van der Waals surface area contributed by atoms with Crippen LogP contribution >= 0.6 is 0 Å². The molecule has 0 aliphatic heterocycles. The van der Waals surface area contributed by atoms with Gasteiger partial charge in [0.2, 0.25) is 10.0 Å². The van der Waals surface area contributed by atoms with Crippen LogP contribution in [0.1, 0.15) is 107 Å². The summed E-state index contributed by atoms with van der Waals surface area (Å²) in [5.41, 5.74) is 0.323. The number of hydrogen-bond acceptors (Lipinski definition) is 4. The maximum Gasteiger partial charge on any atom is 0.281 e. The second-order valence-electron chi connectivity index (χ2n) is 8.39. The summed E-state index contributed by atoms with van der Waals surface area (Å²) in [5.74, 6) is 0.216. The number of nitrogens with zero attached hydrogens (tertiary/aromatic N) is 1. The average Bonchev–Trinajstić information content (AvgIpc) is 3.04. The molecule has 1 amide bonds. The lowest BCUT2D eigenvalue weighted by atomic mass is 10.0. The Morgan fingerprint density at radius 3 is 1.77 bits per heavy atom. The first-order chi connectivity index (χ1) is 14.3. The first kappa shape index (κ1) is 26.5. The van der Waals surface area contributed by atoms with Crippen LogP contribution in [0.3, 0.4) is 0 Å². The Kier molecular flexibility index (Phi) is 13.6. The van der Waals surface area contributed by atoms with Gasteiger partial charge >= 0.3 is 0 Å². The summed E-state index contributed by atoms with van der Waals surface area (Å²) in [6.45, 7) is 3.12. The third-order valence-corrected chi connectivity index (χ3v) is 6.03. The third kappa shape index (κ3) is 12.3. The molecular formula is C23H43N3O3S. The molecule has 0 fully saturated rings. The fraction of sp³-hybridized carbons (Fsp3) is 0.783. The standard InChI is InChI=1S/C23H43N3O3S/c1-4-5-6-7-8-9-10-11-12-13-14-15-16-17-20-24-22-19-18-21(26(22)2)23(27)25-30(3,28)29/h18-19,24H,4-17,20H2,1-3H3,(H,25,27). The highest BCUT2D eigenvalue weighted by Gasteiger charge is 2.15. The maximum absolute atomic E-state index is 12.0. The Morgan fingerprint density at radius 2 is 1.30 bits per heavy atom. The van der Waals surface area contributed by atoms with Crippen molar-refractivity contribution in [2.45, 2.75) is 96.8 Å². The van der Waals surface area contributed by atoms with Gasteiger partial charge in [0.1, 0.15) is 11.5 Å². The van der Waals surface area contributed by atoms with Gasteiger partial charge in [0, 0.05) is 13.6 Å². The highest BCUT2D eigenvalue weighted by molar-refractivity contribution is 7.89. The lowest BCUT2D eigenvalue weighted by Crippen LogP contribution is -2.30. The van der Waals surface area contributed by atoms with Crippen LogP contribution in [0.25, 0.3) is 0 Å². The molecule has 0 aromatic carbocycles. The lowest BCUT2D eigenvalue weighted by molar-refractivity contribution is 0.0974. The van der Waals surface area contributed by atoms with Gasteiger partial charge in [-0.2, -0.15) is 0 Å². The van der Waals surface area contributed by atoms with Gasteiger partial charge in [0.25, 0.3) is 5.91 Å². The Balaban J connectivity index is 2.02. The third-order valence-electron chi connectivity index (χ3n) is 5.47. The summed E-state index contributed by atoms with van der Waals surface area (Å²) < 4.78 is 26.1. The first-order valence-electron chi connectivity index (χ1n) is 11.8. The number of amides is 1. The second-order valence-corrected chi connectivity index (χ2v) is 10.1. The molecule has 2 N–H and O–H groups in total. The van der Waals surface area contributed by atoms with Crippen LogP contribution in [0, 0.1) is 0 Å². The van der Waals surface area contributed by atoms with Crippen LogP contribution in [-0.4, -0.2) is 31.7 Å². The molecule has 0 saturated heterocycles. The molecule has 30 heavy (non-hydrogen) atoms. The van der Waals surface area contributed by atoms with Crippen molar-refractivity contribution in [1.82, 2.24) is 9.29 Å². The Labute approximate surface area is 184 Å². The molecular weight excluding hydrogens is 398 g/mol. The van der Waals surface area contributed by atoms with E-state index in [0.717, 1.165) is 25.0 Å². The second kappa shape index (κ2) is 15.3. The molecule has 1 heterocycles. The first-order valence-corrected chi connectivity index (χ1v) is 13.7. The van der Waals surface area contributed by atoms with Crippen LogP contribution in [0.15, 0.2) is 12.1 Å². The van der Waals surface area contributed by atoms with E-state index in [4.69, 9.17) is 0 Å². The van der Waals surface area contributed by atoms with Crippen molar-refractivity contribution in [2.75, 3.05) is 18.1 Å². The van der Waals surface area contributed by atoms with Crippen molar-refractivity contribution in [3.8, 4) is 0 Å². The van der Waals surface area contributed by atoms with Gasteiger partial charge in [-0.25, -0.2) is 13.1 Å². The molecule has 7 heteroatoms. The van der Waals surface area contributed by atoms with Crippen molar-refractivity contribution in [2.24, 2.45) is 7.05 Å². The molecule has 0 saturated carbocycles. The topological polar surface area (TPSA) is 80.2 Å². The molecule has 174 valence electrons. The minimum absolute atomic E-state index is 0.323. The lowest BCUT2D eigenvalue weighted by Gasteiger charge is -2.10. The zero-order valence-corrected chi connectivity index (χ0v) is 20.2. The Bertz CT molecular complexity index is 699. The van der Waals surface area contributed by atoms with E-state index in [-0.39, 0.29) is 0 Å². The Hall–Kier alpha value is -1.50. The minimum atomic E-state index is -3.56. The summed E-state index contributed by atoms with van der Waals surface area (Å²) in [5, 5.41) is 3.33. The number of nitrogens with one attached hydrogen (secondary N) is 2. The van der Waals surface area contributed by atoms with Gasteiger partial charge in [0.05, 0.1) is 6.26 Å². The van der Waals surface area contributed by atoms with Gasteiger partial charge in [-0.05, 0) is 18.6 Å². The van der Waals surface area contributed by atoms with E-state index < -0.39 is 15.9 Å². The van der Waals surface area contributed by atoms with Gasteiger partial charge in [-0.15, -0.1) is 0 Å². The molecule has 0 aliphatic rings. The monoisotopic (exact) mass is 441 g/mol. The van der Waals surface area contributed by atoms with E-state index in [0.29, 0.717) is 5.69 Å². The molecule has 6 nitrogen and oxygen atoms in total. The van der Waals surface area contributed by atoms with E-state index in [9.17, 15) is 13.2 Å². The molecule has 1 aromatic heterocycles. The smallest absolute Gasteiger partial charge is 0.281 e. The summed E-state index contributed by atoms with van der Waals surface area (Å²) in [6.07, 6.45) is 19.7. The number of carbonyl (C=O) groups is 1. The molecule has 0 bridgehead atoms. The van der Waals surface area contributed by atoms with Crippen molar-refractivity contribution in [3.05, 3.63) is 17.8 Å². The largest absolute Gasteiger partial charge is 0.371 e. The number of unbranched alkanes of at least 4 members (excludes halogenated alkanes) is 13. The van der Waals surface area contributed by atoms with Crippen LogP contribution in [0.5, 0.6) is 0 Å². The molecule has 0 unspecified atom stereocenters. The van der Waals surface area contributed by atoms with Crippen LogP contribution in [-0.2, 0) is 17.1 Å². The normalized spacial score (nSPS) is 11.6. The van der Waals surface area contributed by atoms with Gasteiger partial charge in [-0.1, -0.05) is 90.4 Å². The van der Waals surface area contributed by atoms with Crippen LogP contribution in [0.2, 0.25) is 0 Å². The fourth-order valence-corrected chi connectivity index (χ4v) is 4.11. The molecule has 1 rings (SSSR count). The summed E-state index contributed by atoms with van der Waals surface area (Å²) >= 11 is 0. The van der Waals surface area contributed by atoms with E-state index in [1.165, 1.54) is 83.5 Å². The molecule has 0 spiro atoms. The van der Waals surface area contributed by atoms with E-state index in [2.05, 4.69) is 12.2 Å². The number of rotatable bonds is 18. The van der Waals surface area contributed by atoms with E-state index in [1.807, 2.05) is 4.72 Å². The fourth-order valence-electron chi connectivity index (χ4n) is 3.67. The highest BCUT2D eigenvalue weighted by atomic mass is 32.2. The minimum Gasteiger partial charge on any atom is -0.371 e. The quantitative estimate of drug-likeness (QED) is 0.290. The van der Waals surface area contributed by atoms with E-state index in [1.54, 1.807) is 23.7 Å². The summed E-state index contributed by atoms with van der Waals surface area (Å²) in [7, 11) is -1.80. The predicted molar refractivity (Wildman–Crippen MR) is 127 cm³/mol. The highest BCUT2D eigenvalue weighted by Crippen LogP contribution is 2.15. The summed E-state index contributed by atoms with van der Waals surface area (Å²) in [6, 6.07) is 3.44. The van der Waals surface area contributed by atoms with Crippen molar-refractivity contribution >= 4 is 21.7 Å². The van der Waals surface area contributed by atoms with Gasteiger partial charge < -0.3 is 9.88 Å². The number of aromatic nitrogens is 1. The average molecular weight is 442 g/mol. The number of carbonyl (C=O) groups excluding carboxylic acids is 1. The van der Waals surface area contributed by atoms with Crippen molar-refractivity contribution in [1.29, 1.82) is 0 Å². The van der Waals surface area contributed by atoms with Crippen molar-refractivity contribution in [3.63, 3.8) is 0 Å². The SMILES string of the molecule is CCCCCCCCCCCCCCCCNc1ccc(C(=O)NS(C)(=O)=O)n1C. The predicted octanol–water partition coefficient (Wildman–Crippen LogP) is 5.61. The number of hydrogen-bond donors (Lipinski definition) is 2. The number of sulfonamides is 1. The van der Waals surface area contributed by atoms with Crippen LogP contribution in [0.4, 0.5) is 5.82 Å². The number of anilines is 1.